The molecule has 0 N–H and O–H groups in total. The zero-order valence-electron chi connectivity index (χ0n) is 9.34. The summed E-state index contributed by atoms with van der Waals surface area (Å²) in [6.07, 6.45) is -1.87. The van der Waals surface area contributed by atoms with Crippen LogP contribution in [-0.4, -0.2) is 16.6 Å². The third-order valence-corrected chi connectivity index (χ3v) is 3.20. The Hall–Kier alpha value is -0.780. The van der Waals surface area contributed by atoms with Crippen molar-refractivity contribution in [1.29, 1.82) is 0 Å². The molecule has 0 spiro atoms. The Kier molecular flexibility index (Phi) is 3.52. The van der Waals surface area contributed by atoms with E-state index in [1.54, 1.807) is 0 Å². The van der Waals surface area contributed by atoms with Gasteiger partial charge in [-0.05, 0) is 18.4 Å². The second-order valence-corrected chi connectivity index (χ2v) is 6.40. The molecule has 16 heavy (non-hydrogen) atoms. The SMILES string of the molecule is CC(C)CC1=CC(C(F)(F)F)=CS(C)(=O)=N1. The predicted octanol–water partition coefficient (Wildman–Crippen LogP) is 3.47. The van der Waals surface area contributed by atoms with E-state index >= 15 is 0 Å². The van der Waals surface area contributed by atoms with E-state index in [-0.39, 0.29) is 11.6 Å². The van der Waals surface area contributed by atoms with Gasteiger partial charge in [-0.1, -0.05) is 13.8 Å². The summed E-state index contributed by atoms with van der Waals surface area (Å²) in [5.74, 6) is 0.179. The molecule has 92 valence electrons. The van der Waals surface area contributed by atoms with Crippen molar-refractivity contribution < 1.29 is 17.4 Å². The third-order valence-electron chi connectivity index (χ3n) is 1.91. The van der Waals surface area contributed by atoms with E-state index in [4.69, 9.17) is 0 Å². The Morgan fingerprint density at radius 1 is 1.44 bits per heavy atom. The first kappa shape index (κ1) is 13.3. The van der Waals surface area contributed by atoms with E-state index in [1.165, 1.54) is 6.26 Å². The van der Waals surface area contributed by atoms with Crippen molar-refractivity contribution in [2.24, 2.45) is 10.3 Å². The van der Waals surface area contributed by atoms with Gasteiger partial charge in [-0.15, -0.1) is 0 Å². The number of alkyl halides is 3. The summed E-state index contributed by atoms with van der Waals surface area (Å²) in [6.45, 7) is 3.75. The van der Waals surface area contributed by atoms with Crippen LogP contribution < -0.4 is 0 Å². The second kappa shape index (κ2) is 4.24. The van der Waals surface area contributed by atoms with Crippen LogP contribution in [0.1, 0.15) is 20.3 Å². The average molecular weight is 253 g/mol. The van der Waals surface area contributed by atoms with Crippen molar-refractivity contribution in [1.82, 2.24) is 0 Å². The van der Waals surface area contributed by atoms with Crippen LogP contribution in [0.4, 0.5) is 13.2 Å². The normalized spacial score (nSPS) is 26.2. The van der Waals surface area contributed by atoms with E-state index in [9.17, 15) is 17.4 Å². The minimum Gasteiger partial charge on any atom is -0.245 e. The van der Waals surface area contributed by atoms with Crippen molar-refractivity contribution in [3.05, 3.63) is 22.8 Å². The molecule has 1 aliphatic heterocycles. The largest absolute Gasteiger partial charge is 0.417 e. The van der Waals surface area contributed by atoms with Crippen LogP contribution in [0, 0.1) is 5.92 Å². The van der Waals surface area contributed by atoms with Gasteiger partial charge in [0.05, 0.1) is 21.0 Å². The first-order valence-corrected chi connectivity index (χ1v) is 6.80. The van der Waals surface area contributed by atoms with Crippen molar-refractivity contribution in [2.75, 3.05) is 6.26 Å². The Morgan fingerprint density at radius 3 is 2.44 bits per heavy atom. The van der Waals surface area contributed by atoms with Crippen LogP contribution in [0.25, 0.3) is 0 Å². The van der Waals surface area contributed by atoms with Gasteiger partial charge in [-0.2, -0.15) is 13.2 Å². The number of halogens is 3. The lowest BCUT2D eigenvalue weighted by atomic mass is 10.1. The van der Waals surface area contributed by atoms with Crippen LogP contribution >= 0.6 is 0 Å². The van der Waals surface area contributed by atoms with Crippen molar-refractivity contribution in [2.45, 2.75) is 26.4 Å². The van der Waals surface area contributed by atoms with Crippen LogP contribution in [0.5, 0.6) is 0 Å². The summed E-state index contributed by atoms with van der Waals surface area (Å²) in [4.78, 5) is 0. The zero-order valence-corrected chi connectivity index (χ0v) is 10.2. The molecule has 0 aliphatic carbocycles. The van der Waals surface area contributed by atoms with Gasteiger partial charge in [0.15, 0.2) is 0 Å². The highest BCUT2D eigenvalue weighted by atomic mass is 32.2. The molecule has 0 fully saturated rings. The molecule has 1 rings (SSSR count). The molecule has 2 nitrogen and oxygen atoms in total. The van der Waals surface area contributed by atoms with Gasteiger partial charge >= 0.3 is 6.18 Å². The molecule has 0 aromatic heterocycles. The van der Waals surface area contributed by atoms with Crippen molar-refractivity contribution >= 4 is 9.73 Å². The molecule has 1 atom stereocenters. The highest BCUT2D eigenvalue weighted by Gasteiger charge is 2.34. The molecule has 0 bridgehead atoms. The standard InChI is InChI=1S/C10H14F3NOS/c1-7(2)4-9-5-8(10(11,12)13)6-16(3,15)14-9/h5-7H,4H2,1-3H3. The lowest BCUT2D eigenvalue weighted by Gasteiger charge is -2.15. The lowest BCUT2D eigenvalue weighted by molar-refractivity contribution is -0.0881. The monoisotopic (exact) mass is 253 g/mol. The van der Waals surface area contributed by atoms with Gasteiger partial charge < -0.3 is 0 Å². The van der Waals surface area contributed by atoms with E-state index in [1.807, 2.05) is 13.8 Å². The Morgan fingerprint density at radius 2 is 2.00 bits per heavy atom. The van der Waals surface area contributed by atoms with Crippen molar-refractivity contribution in [3.63, 3.8) is 0 Å². The summed E-state index contributed by atoms with van der Waals surface area (Å²) in [5.41, 5.74) is -0.594. The number of hydrogen-bond acceptors (Lipinski definition) is 2. The van der Waals surface area contributed by atoms with Crippen LogP contribution in [-0.2, 0) is 9.73 Å². The molecule has 0 radical (unpaired) electrons. The molecular formula is C10H14F3NOS. The molecular weight excluding hydrogens is 239 g/mol. The highest BCUT2D eigenvalue weighted by Crippen LogP contribution is 2.32. The fourth-order valence-electron chi connectivity index (χ4n) is 1.40. The summed E-state index contributed by atoms with van der Waals surface area (Å²) >= 11 is 0. The van der Waals surface area contributed by atoms with Gasteiger partial charge in [-0.25, -0.2) is 8.57 Å². The number of allylic oxidation sites excluding steroid dienone is 3. The van der Waals surface area contributed by atoms with Gasteiger partial charge in [0.2, 0.25) is 0 Å². The van der Waals surface area contributed by atoms with Crippen LogP contribution in [0.3, 0.4) is 0 Å². The Labute approximate surface area is 93.4 Å². The van der Waals surface area contributed by atoms with Crippen molar-refractivity contribution in [3.8, 4) is 0 Å². The number of hydrogen-bond donors (Lipinski definition) is 0. The third kappa shape index (κ3) is 3.66. The molecule has 0 amide bonds. The van der Waals surface area contributed by atoms with E-state index in [2.05, 4.69) is 4.36 Å². The van der Waals surface area contributed by atoms with Crippen LogP contribution in [0.2, 0.25) is 0 Å². The lowest BCUT2D eigenvalue weighted by Crippen LogP contribution is -2.15. The summed E-state index contributed by atoms with van der Waals surface area (Å²) in [5, 5.41) is 0.705. The van der Waals surface area contributed by atoms with E-state index in [0.29, 0.717) is 11.8 Å². The topological polar surface area (TPSA) is 29.4 Å². The zero-order chi connectivity index (χ0) is 12.6. The molecule has 0 saturated carbocycles. The fourth-order valence-corrected chi connectivity index (χ4v) is 2.72. The van der Waals surface area contributed by atoms with Gasteiger partial charge in [0.1, 0.15) is 0 Å². The smallest absolute Gasteiger partial charge is 0.245 e. The second-order valence-electron chi connectivity index (χ2n) is 4.26. The Bertz CT molecular complexity index is 451. The van der Waals surface area contributed by atoms with Gasteiger partial charge in [-0.3, -0.25) is 0 Å². The molecule has 1 aliphatic rings. The number of rotatable bonds is 2. The molecule has 6 heteroatoms. The van der Waals surface area contributed by atoms with Crippen LogP contribution in [0.15, 0.2) is 27.1 Å². The average Bonchev–Trinajstić information content (AvgIpc) is 1.97. The van der Waals surface area contributed by atoms with E-state index in [0.717, 1.165) is 6.08 Å². The maximum absolute atomic E-state index is 12.5. The quantitative estimate of drug-likeness (QED) is 0.741. The summed E-state index contributed by atoms with van der Waals surface area (Å²) in [6, 6.07) is 0. The van der Waals surface area contributed by atoms with E-state index < -0.39 is 21.5 Å². The first-order chi connectivity index (χ1) is 7.10. The van der Waals surface area contributed by atoms with Gasteiger partial charge in [0, 0.05) is 11.7 Å². The summed E-state index contributed by atoms with van der Waals surface area (Å²) < 4.78 is 53.0. The minimum absolute atomic E-state index is 0.179. The fraction of sp³-hybridized carbons (Fsp3) is 0.600. The minimum atomic E-state index is -4.46. The molecule has 1 unspecified atom stereocenters. The predicted molar refractivity (Wildman–Crippen MR) is 58.2 cm³/mol. The molecule has 0 aromatic carbocycles. The highest BCUT2D eigenvalue weighted by molar-refractivity contribution is 7.95. The molecule has 0 aromatic rings. The molecule has 0 saturated heterocycles. The first-order valence-electron chi connectivity index (χ1n) is 4.82. The Balaban J connectivity index is 3.17. The molecule has 1 heterocycles. The summed E-state index contributed by atoms with van der Waals surface area (Å²) in [7, 11) is -2.89. The number of nitrogens with zero attached hydrogens (tertiary/aromatic N) is 1. The maximum atomic E-state index is 12.5. The maximum Gasteiger partial charge on any atom is 0.417 e. The van der Waals surface area contributed by atoms with Gasteiger partial charge in [0.25, 0.3) is 0 Å².